The number of hydrogen-bond acceptors (Lipinski definition) is 4. The molecule has 3 aromatic rings. The van der Waals surface area contributed by atoms with Crippen molar-refractivity contribution in [3.05, 3.63) is 52.4 Å². The molecule has 0 spiro atoms. The largest absolute Gasteiger partial charge is 0.452 e. The van der Waals surface area contributed by atoms with Gasteiger partial charge in [-0.2, -0.15) is 5.10 Å². The van der Waals surface area contributed by atoms with E-state index in [9.17, 15) is 9.59 Å². The number of aryl methyl sites for hydroxylation is 1. The van der Waals surface area contributed by atoms with Crippen molar-refractivity contribution >= 4 is 34.4 Å². The lowest BCUT2D eigenvalue weighted by molar-refractivity contribution is -0.124. The van der Waals surface area contributed by atoms with Gasteiger partial charge >= 0.3 is 5.97 Å². The standard InChI is InChI=1S/C21H25ClN4O3/c1-13(2)11-26-20(22)19(14(3)25-26)21(28)29-12-18(27)23-9-8-15-10-24-17-7-5-4-6-16(15)17/h4-7,10,13,24H,8-9,11-12H2,1-3H3,(H,23,27). The second kappa shape index (κ2) is 9.13. The molecule has 0 saturated heterocycles. The van der Waals surface area contributed by atoms with E-state index >= 15 is 0 Å². The molecular formula is C21H25ClN4O3. The quantitative estimate of drug-likeness (QED) is 0.550. The number of halogens is 1. The Morgan fingerprint density at radius 1 is 1.31 bits per heavy atom. The molecule has 2 N–H and O–H groups in total. The summed E-state index contributed by atoms with van der Waals surface area (Å²) >= 11 is 6.27. The molecule has 1 amide bonds. The molecule has 2 aromatic heterocycles. The van der Waals surface area contributed by atoms with Crippen LogP contribution in [0.3, 0.4) is 0 Å². The van der Waals surface area contributed by atoms with Gasteiger partial charge in [-0.1, -0.05) is 43.6 Å². The lowest BCUT2D eigenvalue weighted by atomic mass is 10.1. The first-order chi connectivity index (χ1) is 13.9. The molecule has 2 heterocycles. The van der Waals surface area contributed by atoms with Crippen LogP contribution in [0.15, 0.2) is 30.5 Å². The molecule has 0 aliphatic heterocycles. The molecule has 0 bridgehead atoms. The predicted octanol–water partition coefficient (Wildman–Crippen LogP) is 3.50. The normalized spacial score (nSPS) is 11.2. The third-order valence-electron chi connectivity index (χ3n) is 4.53. The summed E-state index contributed by atoms with van der Waals surface area (Å²) in [5.74, 6) is -0.672. The smallest absolute Gasteiger partial charge is 0.343 e. The summed E-state index contributed by atoms with van der Waals surface area (Å²) in [6.07, 6.45) is 2.62. The van der Waals surface area contributed by atoms with Gasteiger partial charge in [-0.15, -0.1) is 0 Å². The minimum Gasteiger partial charge on any atom is -0.452 e. The summed E-state index contributed by atoms with van der Waals surface area (Å²) in [5, 5.41) is 8.42. The summed E-state index contributed by atoms with van der Waals surface area (Å²) in [6.45, 7) is 6.45. The van der Waals surface area contributed by atoms with E-state index in [0.29, 0.717) is 31.1 Å². The molecule has 0 radical (unpaired) electrons. The summed E-state index contributed by atoms with van der Waals surface area (Å²) in [7, 11) is 0. The van der Waals surface area contributed by atoms with Crippen LogP contribution >= 0.6 is 11.6 Å². The Morgan fingerprint density at radius 3 is 2.83 bits per heavy atom. The Balaban J connectivity index is 1.49. The third kappa shape index (κ3) is 4.98. The van der Waals surface area contributed by atoms with Crippen molar-refractivity contribution in [3.63, 3.8) is 0 Å². The van der Waals surface area contributed by atoms with Crippen molar-refractivity contribution in [2.45, 2.75) is 33.7 Å². The number of rotatable bonds is 8. The van der Waals surface area contributed by atoms with E-state index in [4.69, 9.17) is 16.3 Å². The van der Waals surface area contributed by atoms with E-state index in [0.717, 1.165) is 16.5 Å². The fourth-order valence-electron chi connectivity index (χ4n) is 3.18. The Morgan fingerprint density at radius 2 is 2.07 bits per heavy atom. The molecule has 0 saturated carbocycles. The molecule has 3 rings (SSSR count). The number of fused-ring (bicyclic) bond motifs is 1. The van der Waals surface area contributed by atoms with Gasteiger partial charge in [0.05, 0.1) is 5.69 Å². The SMILES string of the molecule is Cc1nn(CC(C)C)c(Cl)c1C(=O)OCC(=O)NCCc1c[nH]c2ccccc12. The number of benzene rings is 1. The van der Waals surface area contributed by atoms with E-state index in [1.165, 1.54) is 0 Å². The van der Waals surface area contributed by atoms with Gasteiger partial charge in [-0.05, 0) is 30.9 Å². The van der Waals surface area contributed by atoms with Crippen LogP contribution in [-0.4, -0.2) is 39.8 Å². The highest BCUT2D eigenvalue weighted by molar-refractivity contribution is 6.32. The molecule has 0 fully saturated rings. The van der Waals surface area contributed by atoms with Gasteiger partial charge in [0.1, 0.15) is 10.7 Å². The van der Waals surface area contributed by atoms with Gasteiger partial charge in [0.2, 0.25) is 0 Å². The molecule has 7 nitrogen and oxygen atoms in total. The maximum absolute atomic E-state index is 12.4. The number of nitrogens with one attached hydrogen (secondary N) is 2. The first-order valence-electron chi connectivity index (χ1n) is 9.58. The number of ether oxygens (including phenoxy) is 1. The molecule has 0 aliphatic carbocycles. The number of aromatic amines is 1. The van der Waals surface area contributed by atoms with E-state index in [1.807, 2.05) is 44.3 Å². The van der Waals surface area contributed by atoms with Crippen LogP contribution in [-0.2, 0) is 22.5 Å². The minimum atomic E-state index is -0.644. The second-order valence-corrected chi connectivity index (χ2v) is 7.72. The number of aromatic nitrogens is 3. The molecule has 8 heteroatoms. The fourth-order valence-corrected chi connectivity index (χ4v) is 3.50. The summed E-state index contributed by atoms with van der Waals surface area (Å²) in [6, 6.07) is 8.00. The second-order valence-electron chi connectivity index (χ2n) is 7.36. The molecule has 0 unspecified atom stereocenters. The Hall–Kier alpha value is -2.80. The number of carbonyl (C=O) groups excluding carboxylic acids is 2. The van der Waals surface area contributed by atoms with Gasteiger partial charge < -0.3 is 15.0 Å². The van der Waals surface area contributed by atoms with Crippen molar-refractivity contribution in [3.8, 4) is 0 Å². The first kappa shape index (κ1) is 20.9. The third-order valence-corrected chi connectivity index (χ3v) is 4.92. The maximum atomic E-state index is 12.4. The van der Waals surface area contributed by atoms with Crippen LogP contribution in [0.25, 0.3) is 10.9 Å². The van der Waals surface area contributed by atoms with Gasteiger partial charge in [-0.3, -0.25) is 9.48 Å². The van der Waals surface area contributed by atoms with Gasteiger partial charge in [0, 0.05) is 30.2 Å². The first-order valence-corrected chi connectivity index (χ1v) is 9.96. The molecular weight excluding hydrogens is 392 g/mol. The zero-order valence-electron chi connectivity index (χ0n) is 16.8. The van der Waals surface area contributed by atoms with E-state index < -0.39 is 5.97 Å². The molecule has 29 heavy (non-hydrogen) atoms. The van der Waals surface area contributed by atoms with Gasteiger partial charge in [0.25, 0.3) is 5.91 Å². The van der Waals surface area contributed by atoms with Crippen LogP contribution in [0.2, 0.25) is 5.15 Å². The fraction of sp³-hybridized carbons (Fsp3) is 0.381. The lowest BCUT2D eigenvalue weighted by Gasteiger charge is -2.07. The predicted molar refractivity (Wildman–Crippen MR) is 112 cm³/mol. The van der Waals surface area contributed by atoms with Crippen molar-refractivity contribution in [2.75, 3.05) is 13.2 Å². The van der Waals surface area contributed by atoms with Gasteiger partial charge in [0.15, 0.2) is 6.61 Å². The number of carbonyl (C=O) groups is 2. The number of para-hydroxylation sites is 1. The average molecular weight is 417 g/mol. The van der Waals surface area contributed by atoms with E-state index in [-0.39, 0.29) is 23.2 Å². The van der Waals surface area contributed by atoms with Crippen LogP contribution in [0.1, 0.15) is 35.5 Å². The lowest BCUT2D eigenvalue weighted by Crippen LogP contribution is -2.30. The number of esters is 1. The van der Waals surface area contributed by atoms with Crippen LogP contribution in [0, 0.1) is 12.8 Å². The van der Waals surface area contributed by atoms with Crippen molar-refractivity contribution < 1.29 is 14.3 Å². The Labute approximate surface area is 174 Å². The van der Waals surface area contributed by atoms with Crippen molar-refractivity contribution in [2.24, 2.45) is 5.92 Å². The molecule has 0 atom stereocenters. The monoisotopic (exact) mass is 416 g/mol. The Bertz CT molecular complexity index is 1020. The number of nitrogens with zero attached hydrogens (tertiary/aromatic N) is 2. The Kier molecular flexibility index (Phi) is 6.59. The number of H-pyrrole nitrogens is 1. The van der Waals surface area contributed by atoms with Crippen LogP contribution in [0.5, 0.6) is 0 Å². The van der Waals surface area contributed by atoms with E-state index in [2.05, 4.69) is 15.4 Å². The zero-order chi connectivity index (χ0) is 21.0. The molecule has 1 aromatic carbocycles. The van der Waals surface area contributed by atoms with Crippen LogP contribution in [0.4, 0.5) is 0 Å². The highest BCUT2D eigenvalue weighted by Gasteiger charge is 2.22. The topological polar surface area (TPSA) is 89.0 Å². The summed E-state index contributed by atoms with van der Waals surface area (Å²) in [5.41, 5.74) is 2.88. The highest BCUT2D eigenvalue weighted by atomic mass is 35.5. The maximum Gasteiger partial charge on any atom is 0.343 e. The average Bonchev–Trinajstić information content (AvgIpc) is 3.20. The van der Waals surface area contributed by atoms with E-state index in [1.54, 1.807) is 11.6 Å². The highest BCUT2D eigenvalue weighted by Crippen LogP contribution is 2.22. The van der Waals surface area contributed by atoms with Crippen molar-refractivity contribution in [1.29, 1.82) is 0 Å². The minimum absolute atomic E-state index is 0.207. The van der Waals surface area contributed by atoms with Crippen molar-refractivity contribution in [1.82, 2.24) is 20.1 Å². The zero-order valence-corrected chi connectivity index (χ0v) is 17.5. The summed E-state index contributed by atoms with van der Waals surface area (Å²) < 4.78 is 6.72. The molecule has 0 aliphatic rings. The number of amides is 1. The number of hydrogen-bond donors (Lipinski definition) is 2. The molecule has 154 valence electrons. The van der Waals surface area contributed by atoms with Gasteiger partial charge in [-0.25, -0.2) is 4.79 Å². The summed E-state index contributed by atoms with van der Waals surface area (Å²) in [4.78, 5) is 27.6. The van der Waals surface area contributed by atoms with Crippen LogP contribution < -0.4 is 5.32 Å².